The van der Waals surface area contributed by atoms with Gasteiger partial charge in [-0.15, -0.1) is 0 Å². The van der Waals surface area contributed by atoms with Gasteiger partial charge in [0.05, 0.1) is 16.4 Å². The Labute approximate surface area is 130 Å². The molecule has 106 valence electrons. The molecule has 21 heavy (non-hydrogen) atoms. The highest BCUT2D eigenvalue weighted by atomic mass is 79.9. The van der Waals surface area contributed by atoms with Crippen LogP contribution in [0.5, 0.6) is 0 Å². The quantitative estimate of drug-likeness (QED) is 0.725. The van der Waals surface area contributed by atoms with E-state index in [0.717, 1.165) is 22.5 Å². The first-order valence-electron chi connectivity index (χ1n) is 6.50. The lowest BCUT2D eigenvalue weighted by Crippen LogP contribution is -2.00. The molecule has 0 radical (unpaired) electrons. The number of nitrogens with zero attached hydrogens (tertiary/aromatic N) is 1. The lowest BCUT2D eigenvalue weighted by atomic mass is 10.1. The lowest BCUT2D eigenvalue weighted by molar-refractivity contribution is 0.621. The number of hydrogen-bond donors (Lipinski definition) is 2. The van der Waals surface area contributed by atoms with Gasteiger partial charge in [0, 0.05) is 17.8 Å². The second-order valence-corrected chi connectivity index (χ2v) is 5.47. The van der Waals surface area contributed by atoms with Gasteiger partial charge in [0.2, 0.25) is 0 Å². The average Bonchev–Trinajstić information content (AvgIpc) is 2.98. The van der Waals surface area contributed by atoms with Crippen molar-refractivity contribution in [3.8, 4) is 11.3 Å². The molecule has 0 bridgehead atoms. The van der Waals surface area contributed by atoms with E-state index in [4.69, 9.17) is 0 Å². The van der Waals surface area contributed by atoms with Crippen LogP contribution in [-0.4, -0.2) is 10.2 Å². The number of benzene rings is 2. The molecule has 0 saturated heterocycles. The summed E-state index contributed by atoms with van der Waals surface area (Å²) in [6.45, 7) is 0.610. The van der Waals surface area contributed by atoms with Crippen molar-refractivity contribution in [2.75, 3.05) is 5.32 Å². The highest BCUT2D eigenvalue weighted by molar-refractivity contribution is 9.10. The van der Waals surface area contributed by atoms with Crippen LogP contribution in [0.2, 0.25) is 0 Å². The Morgan fingerprint density at radius 1 is 1.14 bits per heavy atom. The molecule has 1 aromatic heterocycles. The first-order chi connectivity index (χ1) is 10.2. The van der Waals surface area contributed by atoms with Crippen LogP contribution in [0.3, 0.4) is 0 Å². The highest BCUT2D eigenvalue weighted by Gasteiger charge is 2.07. The molecule has 0 atom stereocenters. The van der Waals surface area contributed by atoms with E-state index in [1.807, 2.05) is 30.3 Å². The molecule has 3 nitrogen and oxygen atoms in total. The van der Waals surface area contributed by atoms with Gasteiger partial charge in [0.15, 0.2) is 0 Å². The molecule has 0 aliphatic carbocycles. The van der Waals surface area contributed by atoms with E-state index in [0.29, 0.717) is 11.0 Å². The molecular formula is C16H13BrFN3. The van der Waals surface area contributed by atoms with E-state index >= 15 is 0 Å². The van der Waals surface area contributed by atoms with Crippen LogP contribution in [0.25, 0.3) is 11.3 Å². The number of aromatic amines is 1. The zero-order valence-corrected chi connectivity index (χ0v) is 12.7. The Hall–Kier alpha value is -2.14. The molecule has 0 amide bonds. The maximum atomic E-state index is 13.2. The van der Waals surface area contributed by atoms with Crippen molar-refractivity contribution >= 4 is 21.6 Å². The van der Waals surface area contributed by atoms with Gasteiger partial charge < -0.3 is 5.32 Å². The van der Waals surface area contributed by atoms with Crippen molar-refractivity contribution < 1.29 is 4.39 Å². The standard InChI is InChI=1S/C16H13BrFN3/c17-14-8-13(6-7-15(14)18)19-9-12-10-20-21-16(12)11-4-2-1-3-5-11/h1-8,10,19H,9H2,(H,20,21). The predicted molar refractivity (Wildman–Crippen MR) is 85.5 cm³/mol. The molecule has 0 aliphatic rings. The smallest absolute Gasteiger partial charge is 0.137 e. The summed E-state index contributed by atoms with van der Waals surface area (Å²) in [6.07, 6.45) is 1.80. The molecule has 2 N–H and O–H groups in total. The van der Waals surface area contributed by atoms with Crippen LogP contribution in [-0.2, 0) is 6.54 Å². The van der Waals surface area contributed by atoms with Crippen LogP contribution in [0.15, 0.2) is 59.2 Å². The minimum Gasteiger partial charge on any atom is -0.381 e. The monoisotopic (exact) mass is 345 g/mol. The van der Waals surface area contributed by atoms with Crippen molar-refractivity contribution in [3.05, 3.63) is 70.6 Å². The van der Waals surface area contributed by atoms with Crippen molar-refractivity contribution in [1.82, 2.24) is 10.2 Å². The number of aromatic nitrogens is 2. The van der Waals surface area contributed by atoms with E-state index < -0.39 is 0 Å². The Morgan fingerprint density at radius 2 is 1.95 bits per heavy atom. The predicted octanol–water partition coefficient (Wildman–Crippen LogP) is 4.59. The number of rotatable bonds is 4. The maximum absolute atomic E-state index is 13.2. The van der Waals surface area contributed by atoms with Gasteiger partial charge in [0.1, 0.15) is 5.82 Å². The van der Waals surface area contributed by atoms with Gasteiger partial charge >= 0.3 is 0 Å². The van der Waals surface area contributed by atoms with E-state index in [1.165, 1.54) is 6.07 Å². The molecule has 0 fully saturated rings. The fourth-order valence-corrected chi connectivity index (χ4v) is 2.48. The van der Waals surface area contributed by atoms with Gasteiger partial charge in [-0.2, -0.15) is 5.10 Å². The average molecular weight is 346 g/mol. The summed E-state index contributed by atoms with van der Waals surface area (Å²) in [7, 11) is 0. The molecule has 0 spiro atoms. The van der Waals surface area contributed by atoms with Crippen LogP contribution in [0.4, 0.5) is 10.1 Å². The molecule has 0 aliphatic heterocycles. The summed E-state index contributed by atoms with van der Waals surface area (Å²) in [5.74, 6) is -0.270. The SMILES string of the molecule is Fc1ccc(NCc2cn[nH]c2-c2ccccc2)cc1Br. The van der Waals surface area contributed by atoms with Gasteiger partial charge in [-0.3, -0.25) is 5.10 Å². The number of hydrogen-bond acceptors (Lipinski definition) is 2. The van der Waals surface area contributed by atoms with Gasteiger partial charge in [-0.1, -0.05) is 30.3 Å². The van der Waals surface area contributed by atoms with Gasteiger partial charge in [-0.25, -0.2) is 4.39 Å². The van der Waals surface area contributed by atoms with E-state index in [2.05, 4.69) is 31.4 Å². The molecule has 1 heterocycles. The van der Waals surface area contributed by atoms with Crippen molar-refractivity contribution in [2.24, 2.45) is 0 Å². The fraction of sp³-hybridized carbons (Fsp3) is 0.0625. The molecule has 3 rings (SSSR count). The third-order valence-corrected chi connectivity index (χ3v) is 3.79. The minimum atomic E-state index is -0.270. The maximum Gasteiger partial charge on any atom is 0.137 e. The first-order valence-corrected chi connectivity index (χ1v) is 7.30. The molecule has 0 saturated carbocycles. The van der Waals surface area contributed by atoms with Crippen LogP contribution in [0.1, 0.15) is 5.56 Å². The Bertz CT molecular complexity index is 740. The van der Waals surface area contributed by atoms with Crippen molar-refractivity contribution in [1.29, 1.82) is 0 Å². The van der Waals surface area contributed by atoms with Crippen LogP contribution < -0.4 is 5.32 Å². The van der Waals surface area contributed by atoms with Gasteiger partial charge in [-0.05, 0) is 39.7 Å². The zero-order chi connectivity index (χ0) is 14.7. The van der Waals surface area contributed by atoms with Crippen LogP contribution >= 0.6 is 15.9 Å². The Balaban J connectivity index is 1.77. The second-order valence-electron chi connectivity index (χ2n) is 4.62. The fourth-order valence-electron chi connectivity index (χ4n) is 2.10. The van der Waals surface area contributed by atoms with Gasteiger partial charge in [0.25, 0.3) is 0 Å². The third kappa shape index (κ3) is 3.13. The topological polar surface area (TPSA) is 40.7 Å². The number of H-pyrrole nitrogens is 1. The summed E-state index contributed by atoms with van der Waals surface area (Å²) in [6, 6.07) is 14.9. The van der Waals surface area contributed by atoms with E-state index in [1.54, 1.807) is 18.3 Å². The number of nitrogens with one attached hydrogen (secondary N) is 2. The zero-order valence-electron chi connectivity index (χ0n) is 11.1. The highest BCUT2D eigenvalue weighted by Crippen LogP contribution is 2.23. The largest absolute Gasteiger partial charge is 0.381 e. The summed E-state index contributed by atoms with van der Waals surface area (Å²) in [5.41, 5.74) is 3.99. The number of halogens is 2. The van der Waals surface area contributed by atoms with E-state index in [-0.39, 0.29) is 5.82 Å². The molecule has 3 aromatic rings. The summed E-state index contributed by atoms with van der Waals surface area (Å²) in [4.78, 5) is 0. The lowest BCUT2D eigenvalue weighted by Gasteiger charge is -2.08. The number of anilines is 1. The normalized spacial score (nSPS) is 10.6. The summed E-state index contributed by atoms with van der Waals surface area (Å²) < 4.78 is 13.7. The van der Waals surface area contributed by atoms with E-state index in [9.17, 15) is 4.39 Å². The Kier molecular flexibility index (Phi) is 4.01. The Morgan fingerprint density at radius 3 is 2.71 bits per heavy atom. The second kappa shape index (κ2) is 6.10. The molecule has 0 unspecified atom stereocenters. The minimum absolute atomic E-state index is 0.270. The van der Waals surface area contributed by atoms with Crippen molar-refractivity contribution in [2.45, 2.75) is 6.54 Å². The molecule has 5 heteroatoms. The van der Waals surface area contributed by atoms with Crippen molar-refractivity contribution in [3.63, 3.8) is 0 Å². The third-order valence-electron chi connectivity index (χ3n) is 3.18. The van der Waals surface area contributed by atoms with Crippen LogP contribution in [0, 0.1) is 5.82 Å². The summed E-state index contributed by atoms with van der Waals surface area (Å²) >= 11 is 3.18. The molecule has 2 aromatic carbocycles. The molecular weight excluding hydrogens is 333 g/mol. The first kappa shape index (κ1) is 13.8. The summed E-state index contributed by atoms with van der Waals surface area (Å²) in [5, 5.41) is 10.4.